The maximum Gasteiger partial charge on any atom is 0.0209 e. The Hall–Kier alpha value is -2.13. The minimum atomic E-state index is 0.0195. The Bertz CT molecular complexity index is 1080. The van der Waals surface area contributed by atoms with Gasteiger partial charge in [-0.05, 0) is 86.2 Å². The van der Waals surface area contributed by atoms with Crippen molar-refractivity contribution in [1.29, 1.82) is 0 Å². The standard InChI is InChI=1S/C26H23I/c1-5-9-22-18(6-2)19(14-15-25(22)27)17-12-13-21-20-10-7-8-11-23(20)26(3,4)24(21)16-17/h5-16H,2H2,1,3-4H3/b9-5-. The quantitative estimate of drug-likeness (QED) is 0.347. The van der Waals surface area contributed by atoms with E-state index in [-0.39, 0.29) is 5.41 Å². The highest BCUT2D eigenvalue weighted by molar-refractivity contribution is 14.1. The van der Waals surface area contributed by atoms with Crippen LogP contribution < -0.4 is 0 Å². The van der Waals surface area contributed by atoms with Gasteiger partial charge in [0.05, 0.1) is 0 Å². The number of rotatable bonds is 3. The number of halogens is 1. The number of hydrogen-bond acceptors (Lipinski definition) is 0. The van der Waals surface area contributed by atoms with Gasteiger partial charge in [-0.2, -0.15) is 0 Å². The number of fused-ring (bicyclic) bond motifs is 3. The van der Waals surface area contributed by atoms with Gasteiger partial charge >= 0.3 is 0 Å². The second kappa shape index (κ2) is 6.79. The predicted molar refractivity (Wildman–Crippen MR) is 127 cm³/mol. The van der Waals surface area contributed by atoms with E-state index in [0.29, 0.717) is 0 Å². The van der Waals surface area contributed by atoms with Crippen molar-refractivity contribution in [2.45, 2.75) is 26.2 Å². The van der Waals surface area contributed by atoms with Gasteiger partial charge in [-0.1, -0.05) is 81.1 Å². The summed E-state index contributed by atoms with van der Waals surface area (Å²) in [6.07, 6.45) is 6.26. The van der Waals surface area contributed by atoms with Crippen molar-refractivity contribution < 1.29 is 0 Å². The lowest BCUT2D eigenvalue weighted by molar-refractivity contribution is 0.660. The topological polar surface area (TPSA) is 0 Å². The molecular weight excluding hydrogens is 439 g/mol. The van der Waals surface area contributed by atoms with E-state index in [2.05, 4.69) is 117 Å². The van der Waals surface area contributed by atoms with Gasteiger partial charge in [0.1, 0.15) is 0 Å². The van der Waals surface area contributed by atoms with Crippen LogP contribution in [0, 0.1) is 3.57 Å². The number of allylic oxidation sites excluding steroid dienone is 1. The van der Waals surface area contributed by atoms with Crippen LogP contribution in [0.5, 0.6) is 0 Å². The summed E-state index contributed by atoms with van der Waals surface area (Å²) in [7, 11) is 0. The fourth-order valence-electron chi connectivity index (χ4n) is 4.29. The van der Waals surface area contributed by atoms with Gasteiger partial charge in [-0.15, -0.1) is 0 Å². The zero-order chi connectivity index (χ0) is 19.2. The van der Waals surface area contributed by atoms with Gasteiger partial charge in [0.2, 0.25) is 0 Å². The molecule has 0 fully saturated rings. The average Bonchev–Trinajstić information content (AvgIpc) is 2.91. The summed E-state index contributed by atoms with van der Waals surface area (Å²) in [5.41, 5.74) is 10.5. The molecule has 134 valence electrons. The Kier molecular flexibility index (Phi) is 4.59. The van der Waals surface area contributed by atoms with E-state index in [4.69, 9.17) is 0 Å². The SMILES string of the molecule is C=Cc1c(-c2ccc3c(c2)C(C)(C)c2ccccc2-3)ccc(I)c1/C=C\C. The van der Waals surface area contributed by atoms with E-state index in [1.54, 1.807) is 0 Å². The number of benzene rings is 3. The van der Waals surface area contributed by atoms with Crippen LogP contribution in [0.4, 0.5) is 0 Å². The molecule has 3 aromatic rings. The molecule has 1 aliphatic rings. The van der Waals surface area contributed by atoms with Crippen LogP contribution >= 0.6 is 22.6 Å². The Morgan fingerprint density at radius 3 is 2.30 bits per heavy atom. The molecule has 0 N–H and O–H groups in total. The molecule has 1 aliphatic carbocycles. The molecular formula is C26H23I. The van der Waals surface area contributed by atoms with Crippen LogP contribution in [0.2, 0.25) is 0 Å². The lowest BCUT2D eigenvalue weighted by Crippen LogP contribution is -2.14. The third-order valence-corrected chi connectivity index (χ3v) is 6.61. The van der Waals surface area contributed by atoms with E-state index in [1.165, 1.54) is 48.1 Å². The van der Waals surface area contributed by atoms with Crippen molar-refractivity contribution >= 4 is 34.7 Å². The van der Waals surface area contributed by atoms with Crippen molar-refractivity contribution in [3.05, 3.63) is 93.1 Å². The van der Waals surface area contributed by atoms with E-state index in [0.717, 1.165) is 0 Å². The van der Waals surface area contributed by atoms with Crippen LogP contribution in [0.1, 0.15) is 43.0 Å². The summed E-state index contributed by atoms with van der Waals surface area (Å²) >= 11 is 2.40. The van der Waals surface area contributed by atoms with Crippen LogP contribution in [-0.4, -0.2) is 0 Å². The molecule has 0 bridgehead atoms. The first-order valence-corrected chi connectivity index (χ1v) is 10.4. The van der Waals surface area contributed by atoms with Crippen LogP contribution in [0.25, 0.3) is 34.4 Å². The van der Waals surface area contributed by atoms with Gasteiger partial charge in [-0.25, -0.2) is 0 Å². The molecule has 3 aromatic carbocycles. The fraction of sp³-hybridized carbons (Fsp3) is 0.154. The maximum atomic E-state index is 4.10. The summed E-state index contributed by atoms with van der Waals surface area (Å²) in [4.78, 5) is 0. The maximum absolute atomic E-state index is 4.10. The Morgan fingerprint density at radius 1 is 0.852 bits per heavy atom. The summed E-state index contributed by atoms with van der Waals surface area (Å²) in [6.45, 7) is 10.8. The lowest BCUT2D eigenvalue weighted by atomic mass is 9.81. The third kappa shape index (κ3) is 2.80. The third-order valence-electron chi connectivity index (χ3n) is 5.67. The highest BCUT2D eigenvalue weighted by Crippen LogP contribution is 2.49. The molecule has 27 heavy (non-hydrogen) atoms. The van der Waals surface area contributed by atoms with E-state index in [9.17, 15) is 0 Å². The molecule has 0 unspecified atom stereocenters. The van der Waals surface area contributed by atoms with Crippen molar-refractivity contribution in [2.24, 2.45) is 0 Å². The monoisotopic (exact) mass is 462 g/mol. The summed E-state index contributed by atoms with van der Waals surface area (Å²) in [5.74, 6) is 0. The highest BCUT2D eigenvalue weighted by Gasteiger charge is 2.35. The minimum Gasteiger partial charge on any atom is -0.0984 e. The molecule has 0 atom stereocenters. The Balaban J connectivity index is 1.94. The first-order chi connectivity index (χ1) is 13.0. The molecule has 0 saturated carbocycles. The largest absolute Gasteiger partial charge is 0.0984 e. The smallest absolute Gasteiger partial charge is 0.0209 e. The van der Waals surface area contributed by atoms with E-state index >= 15 is 0 Å². The van der Waals surface area contributed by atoms with Gasteiger partial charge in [0, 0.05) is 8.99 Å². The van der Waals surface area contributed by atoms with Crippen molar-refractivity contribution in [3.8, 4) is 22.3 Å². The molecule has 0 spiro atoms. The molecule has 1 heteroatoms. The Morgan fingerprint density at radius 2 is 1.56 bits per heavy atom. The first kappa shape index (κ1) is 18.2. The lowest BCUT2D eigenvalue weighted by Gasteiger charge is -2.22. The second-order valence-electron chi connectivity index (χ2n) is 7.56. The summed E-state index contributed by atoms with van der Waals surface area (Å²) in [6, 6.07) is 20.1. The zero-order valence-corrected chi connectivity index (χ0v) is 18.2. The highest BCUT2D eigenvalue weighted by atomic mass is 127. The van der Waals surface area contributed by atoms with Crippen molar-refractivity contribution in [2.75, 3.05) is 0 Å². The molecule has 0 nitrogen and oxygen atoms in total. The zero-order valence-electron chi connectivity index (χ0n) is 16.0. The van der Waals surface area contributed by atoms with Crippen LogP contribution in [0.15, 0.2) is 67.3 Å². The summed E-state index contributed by atoms with van der Waals surface area (Å²) in [5, 5.41) is 0. The molecule has 0 radical (unpaired) electrons. The normalized spacial score (nSPS) is 14.2. The second-order valence-corrected chi connectivity index (χ2v) is 8.72. The van der Waals surface area contributed by atoms with Crippen molar-refractivity contribution in [3.63, 3.8) is 0 Å². The fourth-order valence-corrected chi connectivity index (χ4v) is 4.94. The van der Waals surface area contributed by atoms with Gasteiger partial charge in [-0.3, -0.25) is 0 Å². The van der Waals surface area contributed by atoms with Crippen LogP contribution in [0.3, 0.4) is 0 Å². The van der Waals surface area contributed by atoms with Gasteiger partial charge < -0.3 is 0 Å². The van der Waals surface area contributed by atoms with Crippen molar-refractivity contribution in [1.82, 2.24) is 0 Å². The first-order valence-electron chi connectivity index (χ1n) is 9.31. The van der Waals surface area contributed by atoms with Gasteiger partial charge in [0.15, 0.2) is 0 Å². The molecule has 0 saturated heterocycles. The average molecular weight is 462 g/mol. The number of hydrogen-bond donors (Lipinski definition) is 0. The molecule has 0 aromatic heterocycles. The van der Waals surface area contributed by atoms with E-state index in [1.807, 2.05) is 6.08 Å². The predicted octanol–water partition coefficient (Wildman–Crippen LogP) is 7.94. The molecule has 0 aliphatic heterocycles. The molecule has 0 heterocycles. The Labute approximate surface area is 175 Å². The minimum absolute atomic E-state index is 0.0195. The van der Waals surface area contributed by atoms with Crippen LogP contribution in [-0.2, 0) is 5.41 Å². The van der Waals surface area contributed by atoms with Gasteiger partial charge in [0.25, 0.3) is 0 Å². The molecule has 0 amide bonds. The molecule has 4 rings (SSSR count). The summed E-state index contributed by atoms with van der Waals surface area (Å²) < 4.78 is 1.25. The van der Waals surface area contributed by atoms with E-state index < -0.39 is 0 Å².